The Morgan fingerprint density at radius 3 is 0.781 bits per heavy atom. The van der Waals surface area contributed by atoms with Gasteiger partial charge in [-0.15, -0.1) is 0 Å². The molecule has 0 aliphatic carbocycles. The van der Waals surface area contributed by atoms with Gasteiger partial charge in [0.2, 0.25) is 35.6 Å². The van der Waals surface area contributed by atoms with Crippen molar-refractivity contribution in [2.45, 2.75) is 46.6 Å². The molecule has 30 nitrogen and oxygen atoms in total. The topological polar surface area (TPSA) is 428 Å². The van der Waals surface area contributed by atoms with Crippen molar-refractivity contribution >= 4 is 83.0 Å². The second-order valence-electron chi connectivity index (χ2n) is 33.1. The van der Waals surface area contributed by atoms with Gasteiger partial charge in [-0.2, -0.15) is 73.8 Å². The van der Waals surface area contributed by atoms with Crippen molar-refractivity contribution in [3.8, 4) is 86.6 Å². The van der Waals surface area contributed by atoms with Crippen LogP contribution < -0.4 is 49.1 Å². The lowest BCUT2D eigenvalue weighted by Gasteiger charge is -2.14. The number of rotatable bonds is 18. The quantitative estimate of drug-likeness (QED) is 0.0530. The number of nitrogens with two attached hydrogens (primary N) is 1. The van der Waals surface area contributed by atoms with E-state index in [4.69, 9.17) is 32.0 Å². The molecule has 146 heavy (non-hydrogen) atoms. The van der Waals surface area contributed by atoms with E-state index in [1.165, 1.54) is 54.6 Å². The van der Waals surface area contributed by atoms with Gasteiger partial charge in [0.1, 0.15) is 51.7 Å². The van der Waals surface area contributed by atoms with Crippen LogP contribution in [0, 0.1) is 93.3 Å². The van der Waals surface area contributed by atoms with Crippen LogP contribution in [0.2, 0.25) is 0 Å². The number of nitrogens with one attached hydrogen (secondary N) is 2. The summed E-state index contributed by atoms with van der Waals surface area (Å²) in [6, 6.07) is 95.4. The zero-order chi connectivity index (χ0) is 103. The summed E-state index contributed by atoms with van der Waals surface area (Å²) in [5.41, 5.74) is 14.0. The van der Waals surface area contributed by atoms with Crippen molar-refractivity contribution in [3.05, 3.63) is 446 Å². The molecule has 0 spiro atoms. The van der Waals surface area contributed by atoms with Gasteiger partial charge in [-0.3, -0.25) is 28.8 Å². The largest absolute Gasteiger partial charge is 0.384 e. The van der Waals surface area contributed by atoms with Gasteiger partial charge in [0.15, 0.2) is 0 Å². The van der Waals surface area contributed by atoms with Crippen LogP contribution in [0.5, 0.6) is 0 Å². The van der Waals surface area contributed by atoms with E-state index in [2.05, 4.69) is 85.3 Å². The molecule has 0 bridgehead atoms. The first-order valence-corrected chi connectivity index (χ1v) is 44.8. The van der Waals surface area contributed by atoms with Crippen LogP contribution in [0.3, 0.4) is 0 Å². The molecule has 20 aromatic rings. The molecule has 0 unspecified atom stereocenters. The highest BCUT2D eigenvalue weighted by atomic mass is 19.1. The third-order valence-electron chi connectivity index (χ3n) is 23.1. The molecule has 0 saturated carbocycles. The van der Waals surface area contributed by atoms with E-state index in [1.54, 1.807) is 312 Å². The molecule has 10 aromatic heterocycles. The number of pyridine rings is 5. The molecule has 0 aliphatic heterocycles. The predicted molar refractivity (Wildman–Crippen MR) is 545 cm³/mol. The van der Waals surface area contributed by atoms with Crippen LogP contribution in [-0.4, -0.2) is 101 Å². The van der Waals surface area contributed by atoms with Crippen molar-refractivity contribution in [2.24, 2.45) is 0 Å². The first-order chi connectivity index (χ1) is 70.7. The monoisotopic (exact) mass is 1940 g/mol. The van der Waals surface area contributed by atoms with E-state index in [9.17, 15) is 50.7 Å². The number of aryl methyl sites for hydroxylation is 1. The van der Waals surface area contributed by atoms with Crippen molar-refractivity contribution in [2.75, 3.05) is 42.4 Å². The number of halogens is 5. The number of benzene rings is 10. The van der Waals surface area contributed by atoms with E-state index in [0.717, 1.165) is 27.8 Å². The third kappa shape index (κ3) is 22.2. The Labute approximate surface area is 827 Å². The first-order valence-electron chi connectivity index (χ1n) is 44.8. The Kier molecular flexibility index (Phi) is 29.9. The number of nitrogens with zero attached hydrogens (tertiary/aromatic N) is 21. The van der Waals surface area contributed by atoms with E-state index >= 15 is 0 Å². The summed E-state index contributed by atoms with van der Waals surface area (Å²) in [7, 11) is 5.23. The summed E-state index contributed by atoms with van der Waals surface area (Å²) in [6.45, 7) is 3.97. The fourth-order valence-corrected chi connectivity index (χ4v) is 15.8. The summed E-state index contributed by atoms with van der Waals surface area (Å²) < 4.78 is 79.9. The second kappa shape index (κ2) is 44.2. The summed E-state index contributed by atoms with van der Waals surface area (Å²) in [6.07, 6.45) is 0. The van der Waals surface area contributed by atoms with Gasteiger partial charge < -0.3 is 21.3 Å². The molecular weight excluding hydrogens is 1860 g/mol. The molecule has 714 valence electrons. The summed E-state index contributed by atoms with van der Waals surface area (Å²) in [5, 5.41) is 77.1. The highest BCUT2D eigenvalue weighted by Crippen LogP contribution is 2.35. The summed E-state index contributed by atoms with van der Waals surface area (Å²) in [4.78, 5) is 96.9. The molecule has 0 aliphatic rings. The number of carbonyl (C=O) groups excluding carboxylic acids is 1. The number of aromatic nitrogens is 15. The molecule has 1 amide bonds. The highest BCUT2D eigenvalue weighted by molar-refractivity contribution is 5.98. The van der Waals surface area contributed by atoms with Crippen LogP contribution in [-0.2, 0) is 37.5 Å². The van der Waals surface area contributed by atoms with E-state index in [1.807, 2.05) is 6.07 Å². The number of carbonyl (C=O) groups is 1. The second-order valence-corrected chi connectivity index (χ2v) is 33.1. The lowest BCUT2D eigenvalue weighted by atomic mass is 10.1. The maximum atomic E-state index is 14.9. The lowest BCUT2D eigenvalue weighted by molar-refractivity contribution is -0.114. The Hall–Kier alpha value is -20.4. The molecule has 10 aromatic carbocycles. The number of anilines is 4. The highest BCUT2D eigenvalue weighted by Gasteiger charge is 2.25. The maximum Gasteiger partial charge on any atom is 0.274 e. The smallest absolute Gasteiger partial charge is 0.274 e. The average molecular weight is 1940 g/mol. The minimum absolute atomic E-state index is 0.0662. The Balaban J connectivity index is 0.000000131. The lowest BCUT2D eigenvalue weighted by Crippen LogP contribution is -2.24. The van der Waals surface area contributed by atoms with Crippen LogP contribution >= 0.6 is 0 Å². The number of nitrogen functional groups attached to an aromatic ring is 1. The maximum absolute atomic E-state index is 14.9. The predicted octanol–water partition coefficient (Wildman–Crippen LogP) is 17.5. The van der Waals surface area contributed by atoms with Gasteiger partial charge in [0, 0.05) is 60.7 Å². The van der Waals surface area contributed by atoms with Gasteiger partial charge in [0.25, 0.3) is 27.8 Å². The zero-order valence-electron chi connectivity index (χ0n) is 78.2. The van der Waals surface area contributed by atoms with Crippen LogP contribution in [0.1, 0.15) is 68.3 Å². The number of hydrogen-bond donors (Lipinski definition) is 3. The minimum Gasteiger partial charge on any atom is -0.384 e. The van der Waals surface area contributed by atoms with Crippen molar-refractivity contribution < 1.29 is 26.7 Å². The van der Waals surface area contributed by atoms with Gasteiger partial charge in [-0.1, -0.05) is 152 Å². The van der Waals surface area contributed by atoms with Gasteiger partial charge in [0.05, 0.1) is 146 Å². The third-order valence-corrected chi connectivity index (χ3v) is 23.1. The summed E-state index contributed by atoms with van der Waals surface area (Å²) >= 11 is 0. The molecular formula is C111H79F5N24O6. The number of nitriles is 5. The molecule has 0 fully saturated rings. The fourth-order valence-electron chi connectivity index (χ4n) is 15.8. The molecule has 0 saturated heterocycles. The Bertz CT molecular complexity index is 8840. The number of hydrogen-bond acceptors (Lipinski definition) is 24. The molecule has 35 heteroatoms. The minimum atomic E-state index is -0.813. The van der Waals surface area contributed by atoms with Crippen LogP contribution in [0.25, 0.3) is 110 Å². The number of amides is 1. The average Bonchev–Trinajstić information content (AvgIpc) is 0.783. The van der Waals surface area contributed by atoms with Crippen molar-refractivity contribution in [3.63, 3.8) is 0 Å². The van der Waals surface area contributed by atoms with E-state index in [0.29, 0.717) is 122 Å². The first kappa shape index (κ1) is 98.7. The molecule has 0 radical (unpaired) electrons. The molecule has 0 atom stereocenters. The molecule has 20 rings (SSSR count). The Morgan fingerprint density at radius 2 is 0.541 bits per heavy atom. The van der Waals surface area contributed by atoms with Gasteiger partial charge in [-0.25, -0.2) is 48.3 Å². The van der Waals surface area contributed by atoms with Crippen molar-refractivity contribution in [1.29, 1.82) is 26.3 Å². The van der Waals surface area contributed by atoms with Crippen LogP contribution in [0.15, 0.2) is 327 Å². The van der Waals surface area contributed by atoms with Crippen molar-refractivity contribution in [1.82, 2.24) is 73.8 Å². The molecule has 4 N–H and O–H groups in total. The zero-order valence-corrected chi connectivity index (χ0v) is 78.2. The molecule has 10 heterocycles. The van der Waals surface area contributed by atoms with Crippen LogP contribution in [0.4, 0.5) is 45.2 Å². The van der Waals surface area contributed by atoms with Gasteiger partial charge >= 0.3 is 0 Å². The standard InChI is InChI=1S/C23H16FN5O2.C23H18FN5O.C22H16FN5O.C22H15FN4O.C21H14FN5O/c1-14(30)26-20-11-10-19(22(24)27-20)21-17-4-2-3-5-18(17)23(31)29(28-21)13-16-8-6-15(12-25)7-9-16;1-28(2)20-12-11-19(22(24)26-20)21-17-5-3-4-6-18(17)23(30)29(27-21)14-16-9-7-15(13-25)8-10-16;1-25-19-11-10-18(21(23)26-19)20-16-4-2-3-5-17(16)22(29)28(27-20)13-15-8-6-14(12-24)7-9-15;1-14-6-11-19(21(23)25-14)20-17-4-2-3-5-18(17)22(28)27(26-20)13-16-9-7-15(12-24)8-10-16;22-20-17(9-10-18(24)25-20)19-15-3-1-2-4-16(15)21(28)27(26-19)12-14-7-5-13(11-23)6-8-14/h2-11H,13H2,1H3,(H,26,27,30);3-12H,14H2,1-2H3;2-11H,13H2,1H3,(H,25,26);2-11H,13H2,1H3;1-10H,12H2,(H2,24,25). The summed E-state index contributed by atoms with van der Waals surface area (Å²) in [5.74, 6) is -2.82. The number of fused-ring (bicyclic) bond motifs is 5. The normalized spacial score (nSPS) is 10.7. The van der Waals surface area contributed by atoms with Gasteiger partial charge in [-0.05, 0) is 186 Å². The van der Waals surface area contributed by atoms with E-state index < -0.39 is 29.7 Å². The fraction of sp³-hybridized carbons (Fsp3) is 0.0901. The van der Waals surface area contributed by atoms with E-state index in [-0.39, 0.29) is 112 Å². The Morgan fingerprint density at radius 1 is 0.308 bits per heavy atom. The SMILES string of the molecule is CC(=O)Nc1ccc(-c2nn(Cc3ccc(C#N)cc3)c(=O)c3ccccc23)c(F)n1.CN(C)c1ccc(-c2nn(Cc3ccc(C#N)cc3)c(=O)c3ccccc23)c(F)n1.CNc1ccc(-c2nn(Cc3ccc(C#N)cc3)c(=O)c3ccccc23)c(F)n1.Cc1ccc(-c2nn(Cc3ccc(C#N)cc3)c(=O)c3ccccc23)c(F)n1.N#Cc1ccc(Cn2nc(-c3ccc(N)nc3F)c3ccccc3c2=O)cc1.